The van der Waals surface area contributed by atoms with Crippen LogP contribution in [0.4, 0.5) is 5.69 Å². The van der Waals surface area contributed by atoms with Crippen LogP contribution < -0.4 is 10.9 Å². The second-order valence-electron chi connectivity index (χ2n) is 4.11. The number of hydrogen-bond donors (Lipinski definition) is 2. The van der Waals surface area contributed by atoms with Gasteiger partial charge in [-0.3, -0.25) is 0 Å². The van der Waals surface area contributed by atoms with E-state index in [2.05, 4.69) is 0 Å². The Balaban J connectivity index is 2.67. The summed E-state index contributed by atoms with van der Waals surface area (Å²) in [6.07, 6.45) is 1.37. The largest absolute Gasteiger partial charge is 0.398 e. The molecular formula is C11H13N3O3S. The van der Waals surface area contributed by atoms with Gasteiger partial charge in [-0.2, -0.15) is 5.26 Å². The Morgan fingerprint density at radius 3 is 2.67 bits per heavy atom. The summed E-state index contributed by atoms with van der Waals surface area (Å²) in [6, 6.07) is 4.93. The van der Waals surface area contributed by atoms with Crippen molar-refractivity contribution in [2.75, 3.05) is 12.3 Å². The number of primary sulfonamides is 1. The van der Waals surface area contributed by atoms with Crippen molar-refractivity contribution in [1.82, 2.24) is 0 Å². The van der Waals surface area contributed by atoms with Gasteiger partial charge < -0.3 is 10.5 Å². The molecule has 1 aliphatic heterocycles. The first-order valence-corrected chi connectivity index (χ1v) is 6.96. The third kappa shape index (κ3) is 2.18. The molecule has 4 N–H and O–H groups in total. The molecule has 7 heteroatoms. The molecule has 0 aliphatic carbocycles. The van der Waals surface area contributed by atoms with E-state index in [1.165, 1.54) is 6.07 Å². The molecule has 1 aromatic carbocycles. The summed E-state index contributed by atoms with van der Waals surface area (Å²) in [5, 5.41) is 14.3. The highest BCUT2D eigenvalue weighted by Gasteiger charge is 2.27. The number of nitrogens with two attached hydrogens (primary N) is 2. The van der Waals surface area contributed by atoms with Crippen molar-refractivity contribution in [2.45, 2.75) is 23.8 Å². The summed E-state index contributed by atoms with van der Waals surface area (Å²) in [5.74, 6) is 0. The standard InChI is InChI=1S/C11H13N3O3S/c12-6-8-7(10-2-1-5-17-10)3-4-9(13)11(8)18(14,15)16/h3-4,10H,1-2,5,13H2,(H2,14,15,16). The Morgan fingerprint density at radius 1 is 1.44 bits per heavy atom. The van der Waals surface area contributed by atoms with E-state index < -0.39 is 10.0 Å². The zero-order valence-electron chi connectivity index (χ0n) is 9.59. The van der Waals surface area contributed by atoms with Crippen molar-refractivity contribution in [2.24, 2.45) is 5.14 Å². The van der Waals surface area contributed by atoms with Crippen molar-refractivity contribution in [3.05, 3.63) is 23.3 Å². The first-order valence-electron chi connectivity index (χ1n) is 5.42. The van der Waals surface area contributed by atoms with E-state index in [9.17, 15) is 8.42 Å². The molecule has 1 aliphatic rings. The lowest BCUT2D eigenvalue weighted by Crippen LogP contribution is -2.17. The highest BCUT2D eigenvalue weighted by atomic mass is 32.2. The quantitative estimate of drug-likeness (QED) is 0.762. The van der Waals surface area contributed by atoms with Gasteiger partial charge in [0.25, 0.3) is 0 Å². The van der Waals surface area contributed by atoms with Crippen LogP contribution in [0, 0.1) is 11.3 Å². The van der Waals surface area contributed by atoms with Crippen LogP contribution in [0.15, 0.2) is 17.0 Å². The summed E-state index contributed by atoms with van der Waals surface area (Å²) in [6.45, 7) is 0.602. The zero-order chi connectivity index (χ0) is 13.3. The van der Waals surface area contributed by atoms with Gasteiger partial charge in [-0.15, -0.1) is 0 Å². The molecule has 1 saturated heterocycles. The molecule has 0 bridgehead atoms. The molecule has 96 valence electrons. The fraction of sp³-hybridized carbons (Fsp3) is 0.364. The topological polar surface area (TPSA) is 119 Å². The van der Waals surface area contributed by atoms with Gasteiger partial charge in [-0.25, -0.2) is 13.6 Å². The second kappa shape index (κ2) is 4.57. The van der Waals surface area contributed by atoms with Gasteiger partial charge in [0.15, 0.2) is 0 Å². The van der Waals surface area contributed by atoms with Crippen LogP contribution in [0.2, 0.25) is 0 Å². The number of sulfonamides is 1. The third-order valence-electron chi connectivity index (χ3n) is 2.89. The summed E-state index contributed by atoms with van der Waals surface area (Å²) < 4.78 is 28.5. The van der Waals surface area contributed by atoms with Gasteiger partial charge in [-0.1, -0.05) is 6.07 Å². The molecule has 1 fully saturated rings. The molecule has 18 heavy (non-hydrogen) atoms. The maximum atomic E-state index is 11.5. The van der Waals surface area contributed by atoms with Crippen molar-refractivity contribution in [1.29, 1.82) is 5.26 Å². The summed E-state index contributed by atoms with van der Waals surface area (Å²) in [4.78, 5) is -0.307. The lowest BCUT2D eigenvalue weighted by molar-refractivity contribution is 0.111. The van der Waals surface area contributed by atoms with E-state index in [4.69, 9.17) is 20.9 Å². The fourth-order valence-corrected chi connectivity index (χ4v) is 2.97. The van der Waals surface area contributed by atoms with Crippen LogP contribution in [0.25, 0.3) is 0 Å². The summed E-state index contributed by atoms with van der Waals surface area (Å²) in [5.41, 5.74) is 6.11. The third-order valence-corrected chi connectivity index (χ3v) is 3.90. The van der Waals surface area contributed by atoms with Gasteiger partial charge in [0, 0.05) is 12.2 Å². The smallest absolute Gasteiger partial charge is 0.241 e. The number of nitriles is 1. The molecular weight excluding hydrogens is 254 g/mol. The predicted octanol–water partition coefficient (Wildman–Crippen LogP) is 0.639. The van der Waals surface area contributed by atoms with Crippen molar-refractivity contribution >= 4 is 15.7 Å². The Labute approximate surface area is 105 Å². The number of rotatable bonds is 2. The molecule has 1 heterocycles. The lowest BCUT2D eigenvalue weighted by Gasteiger charge is -2.15. The minimum Gasteiger partial charge on any atom is -0.398 e. The minimum atomic E-state index is -4.03. The van der Waals surface area contributed by atoms with E-state index in [0.29, 0.717) is 12.2 Å². The Hall–Kier alpha value is -1.62. The van der Waals surface area contributed by atoms with E-state index >= 15 is 0 Å². The van der Waals surface area contributed by atoms with Crippen molar-refractivity contribution in [3.63, 3.8) is 0 Å². The molecule has 1 aromatic rings. The molecule has 1 atom stereocenters. The first kappa shape index (κ1) is 12.8. The monoisotopic (exact) mass is 267 g/mol. The van der Waals surface area contributed by atoms with E-state index in [-0.39, 0.29) is 22.3 Å². The van der Waals surface area contributed by atoms with Crippen LogP contribution in [0.1, 0.15) is 30.1 Å². The molecule has 6 nitrogen and oxygen atoms in total. The highest BCUT2D eigenvalue weighted by molar-refractivity contribution is 7.89. The van der Waals surface area contributed by atoms with Crippen molar-refractivity contribution in [3.8, 4) is 6.07 Å². The highest BCUT2D eigenvalue weighted by Crippen LogP contribution is 2.34. The lowest BCUT2D eigenvalue weighted by atomic mass is 10.0. The zero-order valence-corrected chi connectivity index (χ0v) is 10.4. The summed E-state index contributed by atoms with van der Waals surface area (Å²) >= 11 is 0. The number of benzene rings is 1. The first-order chi connectivity index (χ1) is 8.45. The van der Waals surface area contributed by atoms with Crippen LogP contribution in [-0.4, -0.2) is 15.0 Å². The number of hydrogen-bond acceptors (Lipinski definition) is 5. The van der Waals surface area contributed by atoms with Gasteiger partial charge >= 0.3 is 0 Å². The molecule has 1 unspecified atom stereocenters. The van der Waals surface area contributed by atoms with Gasteiger partial charge in [0.05, 0.1) is 17.4 Å². The van der Waals surface area contributed by atoms with Gasteiger partial charge in [0.1, 0.15) is 11.0 Å². The Morgan fingerprint density at radius 2 is 2.17 bits per heavy atom. The Kier molecular flexibility index (Phi) is 3.26. The van der Waals surface area contributed by atoms with Crippen LogP contribution in [-0.2, 0) is 14.8 Å². The van der Waals surface area contributed by atoms with E-state index in [1.54, 1.807) is 6.07 Å². The average molecular weight is 267 g/mol. The second-order valence-corrected chi connectivity index (χ2v) is 5.60. The number of nitrogen functional groups attached to an aromatic ring is 1. The van der Waals surface area contributed by atoms with Crippen molar-refractivity contribution < 1.29 is 13.2 Å². The Bertz CT molecular complexity index is 613. The van der Waals surface area contributed by atoms with Gasteiger partial charge in [0.2, 0.25) is 10.0 Å². The molecule has 0 radical (unpaired) electrons. The predicted molar refractivity (Wildman–Crippen MR) is 64.9 cm³/mol. The molecule has 0 spiro atoms. The minimum absolute atomic E-state index is 0.00981. The van der Waals surface area contributed by atoms with Crippen LogP contribution in [0.5, 0.6) is 0 Å². The van der Waals surface area contributed by atoms with E-state index in [0.717, 1.165) is 12.8 Å². The van der Waals surface area contributed by atoms with Crippen LogP contribution >= 0.6 is 0 Å². The maximum Gasteiger partial charge on any atom is 0.241 e. The van der Waals surface area contributed by atoms with Crippen LogP contribution in [0.3, 0.4) is 0 Å². The molecule has 0 aromatic heterocycles. The van der Waals surface area contributed by atoms with Gasteiger partial charge in [-0.05, 0) is 18.9 Å². The molecule has 0 saturated carbocycles. The SMILES string of the molecule is N#Cc1c(C2CCCO2)ccc(N)c1S(N)(=O)=O. The normalized spacial score (nSPS) is 19.7. The fourth-order valence-electron chi connectivity index (χ4n) is 2.13. The molecule has 0 amide bonds. The summed E-state index contributed by atoms with van der Waals surface area (Å²) in [7, 11) is -4.03. The maximum absolute atomic E-state index is 11.5. The molecule has 2 rings (SSSR count). The number of anilines is 1. The number of ether oxygens (including phenoxy) is 1. The number of nitrogens with zero attached hydrogens (tertiary/aromatic N) is 1. The van der Waals surface area contributed by atoms with E-state index in [1.807, 2.05) is 6.07 Å². The average Bonchev–Trinajstić information content (AvgIpc) is 2.80.